The fraction of sp³-hybridized carbons (Fsp3) is 0.208. The number of amides is 1. The van der Waals surface area contributed by atoms with Crippen molar-refractivity contribution in [3.8, 4) is 5.75 Å². The number of alkyl halides is 3. The summed E-state index contributed by atoms with van der Waals surface area (Å²) in [5, 5.41) is 2.33. The van der Waals surface area contributed by atoms with Crippen LogP contribution in [0.5, 0.6) is 5.75 Å². The molecule has 0 fully saturated rings. The van der Waals surface area contributed by atoms with Gasteiger partial charge in [-0.1, -0.05) is 41.9 Å². The highest BCUT2D eigenvalue weighted by Crippen LogP contribution is 2.37. The average Bonchev–Trinajstić information content (AvgIpc) is 2.82. The summed E-state index contributed by atoms with van der Waals surface area (Å²) in [6.07, 6.45) is -4.74. The van der Waals surface area contributed by atoms with Gasteiger partial charge in [0.2, 0.25) is 5.91 Å². The molecule has 0 saturated heterocycles. The van der Waals surface area contributed by atoms with Crippen LogP contribution in [0.25, 0.3) is 0 Å². The second-order valence-electron chi connectivity index (χ2n) is 7.34. The third-order valence-corrected chi connectivity index (χ3v) is 6.98. The summed E-state index contributed by atoms with van der Waals surface area (Å²) in [5.41, 5.74) is -0.835. The van der Waals surface area contributed by atoms with E-state index >= 15 is 0 Å². The smallest absolute Gasteiger partial charge is 0.416 e. The molecule has 3 aromatic carbocycles. The minimum Gasteiger partial charge on any atom is -0.494 e. The van der Waals surface area contributed by atoms with E-state index in [4.69, 9.17) is 16.3 Å². The zero-order chi connectivity index (χ0) is 25.6. The Morgan fingerprint density at radius 1 is 1.03 bits per heavy atom. The molecule has 0 aliphatic carbocycles. The van der Waals surface area contributed by atoms with E-state index in [2.05, 4.69) is 5.32 Å². The molecule has 0 spiro atoms. The van der Waals surface area contributed by atoms with Crippen LogP contribution in [0.15, 0.2) is 77.7 Å². The maximum absolute atomic E-state index is 13.3. The highest BCUT2D eigenvalue weighted by molar-refractivity contribution is 7.92. The van der Waals surface area contributed by atoms with Crippen LogP contribution in [0.1, 0.15) is 18.1 Å². The summed E-state index contributed by atoms with van der Waals surface area (Å²) in [5.74, 6) is -0.0752. The molecule has 0 aromatic heterocycles. The Morgan fingerprint density at radius 3 is 2.29 bits per heavy atom. The third kappa shape index (κ3) is 6.67. The number of carbonyl (C=O) groups excluding carboxylic acids is 1. The molecule has 0 unspecified atom stereocenters. The maximum Gasteiger partial charge on any atom is 0.416 e. The van der Waals surface area contributed by atoms with Crippen molar-refractivity contribution in [1.82, 2.24) is 5.32 Å². The van der Waals surface area contributed by atoms with E-state index in [0.29, 0.717) is 22.7 Å². The normalized spacial score (nSPS) is 11.7. The Kier molecular flexibility index (Phi) is 8.29. The zero-order valence-electron chi connectivity index (χ0n) is 18.5. The third-order valence-electron chi connectivity index (χ3n) is 4.88. The van der Waals surface area contributed by atoms with E-state index in [1.165, 1.54) is 24.3 Å². The van der Waals surface area contributed by atoms with Gasteiger partial charge in [-0.2, -0.15) is 13.2 Å². The van der Waals surface area contributed by atoms with Gasteiger partial charge >= 0.3 is 6.18 Å². The molecule has 6 nitrogen and oxygen atoms in total. The summed E-state index contributed by atoms with van der Waals surface area (Å²) < 4.78 is 72.6. The van der Waals surface area contributed by atoms with Crippen molar-refractivity contribution in [2.75, 3.05) is 17.5 Å². The molecular formula is C24H22ClF3N2O4S. The Morgan fingerprint density at radius 2 is 1.69 bits per heavy atom. The highest BCUT2D eigenvalue weighted by Gasteiger charge is 2.34. The van der Waals surface area contributed by atoms with Gasteiger partial charge in [0, 0.05) is 6.54 Å². The first-order valence-electron chi connectivity index (χ1n) is 10.5. The first kappa shape index (κ1) is 26.4. The molecule has 3 rings (SSSR count). The van der Waals surface area contributed by atoms with Gasteiger partial charge in [-0.05, 0) is 55.0 Å². The first-order chi connectivity index (χ1) is 16.5. The van der Waals surface area contributed by atoms with Crippen molar-refractivity contribution in [3.05, 3.63) is 88.9 Å². The van der Waals surface area contributed by atoms with Crippen LogP contribution in [0.2, 0.25) is 5.02 Å². The number of halogens is 4. The fourth-order valence-corrected chi connectivity index (χ4v) is 4.88. The average molecular weight is 527 g/mol. The molecule has 1 amide bonds. The van der Waals surface area contributed by atoms with Crippen LogP contribution in [-0.2, 0) is 27.5 Å². The van der Waals surface area contributed by atoms with E-state index in [-0.39, 0.29) is 16.5 Å². The Balaban J connectivity index is 1.90. The zero-order valence-corrected chi connectivity index (χ0v) is 20.1. The number of hydrogen-bond donors (Lipinski definition) is 1. The van der Waals surface area contributed by atoms with Gasteiger partial charge in [0.1, 0.15) is 12.3 Å². The van der Waals surface area contributed by atoms with Gasteiger partial charge in [0.25, 0.3) is 10.0 Å². The number of anilines is 1. The lowest BCUT2D eigenvalue weighted by Crippen LogP contribution is -2.41. The van der Waals surface area contributed by atoms with Crippen LogP contribution < -0.4 is 14.4 Å². The van der Waals surface area contributed by atoms with E-state index < -0.39 is 39.9 Å². The lowest BCUT2D eigenvalue weighted by atomic mass is 10.2. The molecule has 11 heteroatoms. The van der Waals surface area contributed by atoms with E-state index in [1.54, 1.807) is 30.3 Å². The second kappa shape index (κ2) is 11.0. The summed E-state index contributed by atoms with van der Waals surface area (Å²) >= 11 is 6.11. The Hall–Kier alpha value is -3.24. The molecule has 0 heterocycles. The van der Waals surface area contributed by atoms with Gasteiger partial charge < -0.3 is 10.1 Å². The van der Waals surface area contributed by atoms with E-state index in [9.17, 15) is 26.4 Å². The number of nitrogens with one attached hydrogen (secondary N) is 1. The molecule has 0 aliphatic rings. The number of ether oxygens (including phenoxy) is 1. The van der Waals surface area contributed by atoms with Crippen molar-refractivity contribution in [3.63, 3.8) is 0 Å². The van der Waals surface area contributed by atoms with Gasteiger partial charge in [0.05, 0.1) is 27.8 Å². The van der Waals surface area contributed by atoms with Gasteiger partial charge in [0.15, 0.2) is 0 Å². The molecule has 35 heavy (non-hydrogen) atoms. The van der Waals surface area contributed by atoms with Gasteiger partial charge in [-0.3, -0.25) is 9.10 Å². The molecule has 0 radical (unpaired) electrons. The SMILES string of the molecule is CCOc1ccc(CNC(=O)CN(c2cc(C(F)(F)F)ccc2Cl)S(=O)(=O)c2ccccc2)cc1. The van der Waals surface area contributed by atoms with Crippen LogP contribution in [0.4, 0.5) is 18.9 Å². The van der Waals surface area contributed by atoms with E-state index in [0.717, 1.165) is 17.7 Å². The van der Waals surface area contributed by atoms with Gasteiger partial charge in [-0.25, -0.2) is 8.42 Å². The largest absolute Gasteiger partial charge is 0.494 e. The second-order valence-corrected chi connectivity index (χ2v) is 9.61. The number of nitrogens with zero attached hydrogens (tertiary/aromatic N) is 1. The van der Waals surface area contributed by atoms with Crippen molar-refractivity contribution in [1.29, 1.82) is 0 Å². The number of carbonyl (C=O) groups is 1. The van der Waals surface area contributed by atoms with Gasteiger partial charge in [-0.15, -0.1) is 0 Å². The summed E-state index contributed by atoms with van der Waals surface area (Å²) in [4.78, 5) is 12.5. The summed E-state index contributed by atoms with van der Waals surface area (Å²) in [7, 11) is -4.42. The molecule has 0 aliphatic heterocycles. The first-order valence-corrected chi connectivity index (χ1v) is 12.3. The lowest BCUT2D eigenvalue weighted by molar-refractivity contribution is -0.137. The topological polar surface area (TPSA) is 75.7 Å². The molecular weight excluding hydrogens is 505 g/mol. The monoisotopic (exact) mass is 526 g/mol. The van der Waals surface area contributed by atoms with E-state index in [1.807, 2.05) is 6.92 Å². The minimum atomic E-state index is -4.74. The van der Waals surface area contributed by atoms with Crippen molar-refractivity contribution in [2.45, 2.75) is 24.5 Å². The molecule has 1 N–H and O–H groups in total. The maximum atomic E-state index is 13.3. The summed E-state index contributed by atoms with van der Waals surface area (Å²) in [6.45, 7) is 1.63. The summed E-state index contributed by atoms with van der Waals surface area (Å²) in [6, 6.07) is 16.3. The molecule has 0 saturated carbocycles. The Bertz CT molecular complexity index is 1270. The van der Waals surface area contributed by atoms with Crippen molar-refractivity contribution >= 4 is 33.2 Å². The fourth-order valence-electron chi connectivity index (χ4n) is 3.16. The number of rotatable bonds is 9. The van der Waals surface area contributed by atoms with Crippen LogP contribution >= 0.6 is 11.6 Å². The Labute approximate surface area is 206 Å². The van der Waals surface area contributed by atoms with Crippen LogP contribution in [0.3, 0.4) is 0 Å². The highest BCUT2D eigenvalue weighted by atomic mass is 35.5. The predicted octanol–water partition coefficient (Wildman–Crippen LogP) is 5.27. The van der Waals surface area contributed by atoms with Crippen molar-refractivity contribution < 1.29 is 31.1 Å². The standard InChI is InChI=1S/C24H22ClF3N2O4S/c1-2-34-19-11-8-17(9-12-19)15-29-23(31)16-30(35(32,33)20-6-4-3-5-7-20)22-14-18(24(26,27)28)10-13-21(22)25/h3-14H,2,15-16H2,1H3,(H,29,31). The molecule has 0 bridgehead atoms. The number of benzene rings is 3. The minimum absolute atomic E-state index is 0.0702. The van der Waals surface area contributed by atoms with Crippen molar-refractivity contribution in [2.24, 2.45) is 0 Å². The predicted molar refractivity (Wildman–Crippen MR) is 127 cm³/mol. The molecule has 186 valence electrons. The van der Waals surface area contributed by atoms with Crippen LogP contribution in [-0.4, -0.2) is 27.5 Å². The molecule has 0 atom stereocenters. The quantitative estimate of drug-likeness (QED) is 0.412. The van der Waals surface area contributed by atoms with Crippen LogP contribution in [0, 0.1) is 0 Å². The molecule has 3 aromatic rings. The lowest BCUT2D eigenvalue weighted by Gasteiger charge is -2.26. The number of hydrogen-bond acceptors (Lipinski definition) is 4. The number of sulfonamides is 1.